The highest BCUT2D eigenvalue weighted by Gasteiger charge is 1.82. The van der Waals surface area contributed by atoms with Crippen LogP contribution in [0.15, 0.2) is 48.7 Å². The second-order valence-corrected chi connectivity index (χ2v) is 3.25. The number of ether oxygens (including phenoxy) is 1. The van der Waals surface area contributed by atoms with Crippen LogP contribution < -0.4 is 0 Å². The molecular formula is C14H18O. The predicted octanol–water partition coefficient (Wildman–Crippen LogP) is 4.03. The number of allylic oxidation sites excluding steroid dienone is 1. The fourth-order valence-electron chi connectivity index (χ4n) is 1.18. The maximum Gasteiger partial charge on any atom is 0.0907 e. The molecule has 0 unspecified atom stereocenters. The molecule has 1 aromatic carbocycles. The summed E-state index contributed by atoms with van der Waals surface area (Å²) < 4.78 is 5.35. The number of benzene rings is 1. The highest BCUT2D eigenvalue weighted by atomic mass is 16.5. The quantitative estimate of drug-likeness (QED) is 0.384. The minimum absolute atomic E-state index is 0.750. The van der Waals surface area contributed by atoms with E-state index in [9.17, 15) is 0 Å². The minimum Gasteiger partial charge on any atom is -0.501 e. The Labute approximate surface area is 92.1 Å². The first-order valence-corrected chi connectivity index (χ1v) is 5.41. The van der Waals surface area contributed by atoms with E-state index in [4.69, 9.17) is 4.74 Å². The smallest absolute Gasteiger partial charge is 0.0907 e. The Morgan fingerprint density at radius 2 is 1.93 bits per heavy atom. The molecule has 1 rings (SSSR count). The summed E-state index contributed by atoms with van der Waals surface area (Å²) in [4.78, 5) is 0. The van der Waals surface area contributed by atoms with E-state index in [1.54, 1.807) is 6.26 Å². The molecule has 0 saturated heterocycles. The third-order valence-corrected chi connectivity index (χ3v) is 1.96. The molecule has 0 fully saturated rings. The van der Waals surface area contributed by atoms with E-state index >= 15 is 0 Å². The minimum atomic E-state index is 0.750. The molecule has 0 radical (unpaired) electrons. The van der Waals surface area contributed by atoms with Crippen LogP contribution in [0.4, 0.5) is 0 Å². The molecule has 1 heteroatoms. The van der Waals surface area contributed by atoms with E-state index in [0.717, 1.165) is 19.4 Å². The summed E-state index contributed by atoms with van der Waals surface area (Å²) in [5.74, 6) is 0. The Morgan fingerprint density at radius 1 is 1.13 bits per heavy atom. The van der Waals surface area contributed by atoms with Crippen LogP contribution in [0.2, 0.25) is 0 Å². The van der Waals surface area contributed by atoms with Crippen LogP contribution in [0.25, 0.3) is 6.08 Å². The average molecular weight is 202 g/mol. The Hall–Kier alpha value is -1.50. The molecule has 0 N–H and O–H groups in total. The predicted molar refractivity (Wildman–Crippen MR) is 65.5 cm³/mol. The topological polar surface area (TPSA) is 9.23 Å². The Kier molecular flexibility index (Phi) is 6.07. The Bertz CT molecular complexity index is 298. The van der Waals surface area contributed by atoms with Crippen molar-refractivity contribution in [1.82, 2.24) is 0 Å². The van der Waals surface area contributed by atoms with Gasteiger partial charge in [-0.2, -0.15) is 0 Å². The van der Waals surface area contributed by atoms with E-state index in [-0.39, 0.29) is 0 Å². The standard InChI is InChI=1S/C14H18O/c1-2-3-4-8-12-15-13-11-14-9-6-5-7-10-14/h3-7,9-11,13H,2,8,12H2,1H3/b4-3-,13-11+. The summed E-state index contributed by atoms with van der Waals surface area (Å²) in [6, 6.07) is 10.1. The lowest BCUT2D eigenvalue weighted by Gasteiger charge is -1.96. The van der Waals surface area contributed by atoms with Gasteiger partial charge in [0.1, 0.15) is 0 Å². The molecular weight excluding hydrogens is 184 g/mol. The molecule has 0 amide bonds. The lowest BCUT2D eigenvalue weighted by atomic mass is 10.2. The highest BCUT2D eigenvalue weighted by Crippen LogP contribution is 2.01. The zero-order valence-electron chi connectivity index (χ0n) is 9.23. The van der Waals surface area contributed by atoms with Crippen LogP contribution >= 0.6 is 0 Å². The summed E-state index contributed by atoms with van der Waals surface area (Å²) >= 11 is 0. The SMILES string of the molecule is CC/C=C\CCO/C=C/c1ccccc1. The second-order valence-electron chi connectivity index (χ2n) is 3.25. The molecule has 1 nitrogen and oxygen atoms in total. The van der Waals surface area contributed by atoms with E-state index in [1.165, 1.54) is 5.56 Å². The zero-order chi connectivity index (χ0) is 10.8. The summed E-state index contributed by atoms with van der Waals surface area (Å²) in [7, 11) is 0. The van der Waals surface area contributed by atoms with Crippen molar-refractivity contribution in [3.8, 4) is 0 Å². The first-order chi connectivity index (χ1) is 7.43. The lowest BCUT2D eigenvalue weighted by Crippen LogP contribution is -1.83. The van der Waals surface area contributed by atoms with Crippen LogP contribution in [-0.4, -0.2) is 6.61 Å². The van der Waals surface area contributed by atoms with Gasteiger partial charge in [0.25, 0.3) is 0 Å². The van der Waals surface area contributed by atoms with Crippen molar-refractivity contribution in [2.24, 2.45) is 0 Å². The monoisotopic (exact) mass is 202 g/mol. The molecule has 15 heavy (non-hydrogen) atoms. The van der Waals surface area contributed by atoms with Gasteiger partial charge in [-0.1, -0.05) is 49.4 Å². The largest absolute Gasteiger partial charge is 0.501 e. The Balaban J connectivity index is 2.15. The highest BCUT2D eigenvalue weighted by molar-refractivity contribution is 5.47. The van der Waals surface area contributed by atoms with Crippen molar-refractivity contribution in [2.75, 3.05) is 6.61 Å². The molecule has 0 aliphatic heterocycles. The molecule has 0 aromatic heterocycles. The van der Waals surface area contributed by atoms with Crippen LogP contribution in [0.1, 0.15) is 25.3 Å². The maximum atomic E-state index is 5.35. The third kappa shape index (κ3) is 5.74. The van der Waals surface area contributed by atoms with Crippen molar-refractivity contribution in [3.63, 3.8) is 0 Å². The van der Waals surface area contributed by atoms with Crippen molar-refractivity contribution < 1.29 is 4.74 Å². The molecule has 0 aliphatic carbocycles. The van der Waals surface area contributed by atoms with Crippen molar-refractivity contribution in [1.29, 1.82) is 0 Å². The van der Waals surface area contributed by atoms with E-state index in [1.807, 2.05) is 24.3 Å². The summed E-state index contributed by atoms with van der Waals surface area (Å²) in [6.07, 6.45) is 10.1. The first-order valence-electron chi connectivity index (χ1n) is 5.41. The van der Waals surface area contributed by atoms with Crippen LogP contribution in [0.3, 0.4) is 0 Å². The lowest BCUT2D eigenvalue weighted by molar-refractivity contribution is 0.258. The van der Waals surface area contributed by atoms with Gasteiger partial charge in [0, 0.05) is 0 Å². The zero-order valence-corrected chi connectivity index (χ0v) is 9.23. The molecule has 0 heterocycles. The molecule has 1 aromatic rings. The van der Waals surface area contributed by atoms with Crippen molar-refractivity contribution in [2.45, 2.75) is 19.8 Å². The Morgan fingerprint density at radius 3 is 2.67 bits per heavy atom. The maximum absolute atomic E-state index is 5.35. The third-order valence-electron chi connectivity index (χ3n) is 1.96. The summed E-state index contributed by atoms with van der Waals surface area (Å²) in [5, 5.41) is 0. The second kappa shape index (κ2) is 7.86. The van der Waals surface area contributed by atoms with Gasteiger partial charge < -0.3 is 4.74 Å². The number of hydrogen-bond donors (Lipinski definition) is 0. The van der Waals surface area contributed by atoms with Gasteiger partial charge in [0.15, 0.2) is 0 Å². The van der Waals surface area contributed by atoms with Gasteiger partial charge in [0.05, 0.1) is 12.9 Å². The summed E-state index contributed by atoms with van der Waals surface area (Å²) in [6.45, 7) is 2.88. The fraction of sp³-hybridized carbons (Fsp3) is 0.286. The molecule has 0 aliphatic rings. The van der Waals surface area contributed by atoms with Gasteiger partial charge in [-0.3, -0.25) is 0 Å². The van der Waals surface area contributed by atoms with Gasteiger partial charge in [0.2, 0.25) is 0 Å². The average Bonchev–Trinajstić information content (AvgIpc) is 2.29. The normalized spacial score (nSPS) is 11.3. The van der Waals surface area contributed by atoms with Crippen molar-refractivity contribution >= 4 is 6.08 Å². The van der Waals surface area contributed by atoms with Gasteiger partial charge in [-0.25, -0.2) is 0 Å². The van der Waals surface area contributed by atoms with Crippen LogP contribution in [0.5, 0.6) is 0 Å². The summed E-state index contributed by atoms with van der Waals surface area (Å²) in [5.41, 5.74) is 1.17. The molecule has 0 bridgehead atoms. The molecule has 0 atom stereocenters. The molecule has 0 saturated carbocycles. The van der Waals surface area contributed by atoms with Crippen LogP contribution in [0, 0.1) is 0 Å². The van der Waals surface area contributed by atoms with Crippen LogP contribution in [-0.2, 0) is 4.74 Å². The van der Waals surface area contributed by atoms with E-state index in [0.29, 0.717) is 0 Å². The van der Waals surface area contributed by atoms with E-state index < -0.39 is 0 Å². The first kappa shape index (κ1) is 11.6. The van der Waals surface area contributed by atoms with E-state index in [2.05, 4.69) is 31.2 Å². The number of hydrogen-bond acceptors (Lipinski definition) is 1. The van der Waals surface area contributed by atoms with Gasteiger partial charge >= 0.3 is 0 Å². The number of rotatable bonds is 6. The van der Waals surface area contributed by atoms with Gasteiger partial charge in [-0.15, -0.1) is 0 Å². The molecule has 0 spiro atoms. The fourth-order valence-corrected chi connectivity index (χ4v) is 1.18. The molecule has 80 valence electrons. The van der Waals surface area contributed by atoms with Gasteiger partial charge in [-0.05, 0) is 24.5 Å². The van der Waals surface area contributed by atoms with Crippen molar-refractivity contribution in [3.05, 3.63) is 54.3 Å².